The number of anilines is 2. The molecule has 1 saturated heterocycles. The van der Waals surface area contributed by atoms with Gasteiger partial charge in [-0.1, -0.05) is 0 Å². The predicted molar refractivity (Wildman–Crippen MR) is 148 cm³/mol. The third-order valence-electron chi connectivity index (χ3n) is 6.72. The Morgan fingerprint density at radius 3 is 2.32 bits per heavy atom. The molecule has 5 aromatic rings. The van der Waals surface area contributed by atoms with Gasteiger partial charge in [0.2, 0.25) is 0 Å². The number of aryl methyl sites for hydroxylation is 1. The summed E-state index contributed by atoms with van der Waals surface area (Å²) in [6.07, 6.45) is 0. The van der Waals surface area contributed by atoms with Crippen molar-refractivity contribution >= 4 is 28.3 Å². The summed E-state index contributed by atoms with van der Waals surface area (Å²) in [7, 11) is 1.62. The maximum atomic E-state index is 13.1. The highest BCUT2D eigenvalue weighted by molar-refractivity contribution is 6.04. The second-order valence-corrected chi connectivity index (χ2v) is 9.21. The van der Waals surface area contributed by atoms with Gasteiger partial charge in [-0.25, -0.2) is 9.97 Å². The van der Waals surface area contributed by atoms with Crippen molar-refractivity contribution in [3.63, 3.8) is 0 Å². The van der Waals surface area contributed by atoms with Crippen molar-refractivity contribution in [3.8, 4) is 28.5 Å². The van der Waals surface area contributed by atoms with Crippen LogP contribution in [0.2, 0.25) is 0 Å². The molecule has 9 heteroatoms. The van der Waals surface area contributed by atoms with Gasteiger partial charge in [0.05, 0.1) is 31.4 Å². The van der Waals surface area contributed by atoms with E-state index < -0.39 is 0 Å². The Hall–Kier alpha value is -4.63. The van der Waals surface area contributed by atoms with Gasteiger partial charge in [-0.2, -0.15) is 0 Å². The summed E-state index contributed by atoms with van der Waals surface area (Å²) in [5.74, 6) is 1.89. The van der Waals surface area contributed by atoms with Crippen LogP contribution < -0.4 is 15.0 Å². The number of aromatic amines is 2. The van der Waals surface area contributed by atoms with Crippen LogP contribution in [-0.4, -0.2) is 59.3 Å². The molecule has 0 aliphatic carbocycles. The summed E-state index contributed by atoms with van der Waals surface area (Å²) in [6.45, 7) is 5.16. The molecule has 0 atom stereocenters. The average molecular weight is 509 g/mol. The van der Waals surface area contributed by atoms with Crippen molar-refractivity contribution in [2.75, 3.05) is 43.6 Å². The van der Waals surface area contributed by atoms with E-state index in [0.29, 0.717) is 22.9 Å². The van der Waals surface area contributed by atoms with Crippen LogP contribution in [-0.2, 0) is 4.74 Å². The van der Waals surface area contributed by atoms with Gasteiger partial charge in [0.1, 0.15) is 23.1 Å². The van der Waals surface area contributed by atoms with E-state index in [1.54, 1.807) is 7.11 Å². The number of amides is 1. The fourth-order valence-corrected chi connectivity index (χ4v) is 4.63. The van der Waals surface area contributed by atoms with Crippen LogP contribution in [0.4, 0.5) is 11.4 Å². The van der Waals surface area contributed by atoms with E-state index in [9.17, 15) is 4.79 Å². The van der Waals surface area contributed by atoms with Crippen molar-refractivity contribution in [3.05, 3.63) is 78.1 Å². The molecular formula is C29H28N6O3. The molecule has 2 aromatic heterocycles. The van der Waals surface area contributed by atoms with Gasteiger partial charge in [-0.05, 0) is 73.7 Å². The van der Waals surface area contributed by atoms with Crippen molar-refractivity contribution in [1.82, 2.24) is 19.9 Å². The Kier molecular flexibility index (Phi) is 6.27. The van der Waals surface area contributed by atoms with Crippen LogP contribution in [0, 0.1) is 6.92 Å². The fraction of sp³-hybridized carbons (Fsp3) is 0.207. The fourth-order valence-electron chi connectivity index (χ4n) is 4.63. The number of fused-ring (bicyclic) bond motifs is 1. The number of methoxy groups -OCH3 is 1. The Balaban J connectivity index is 1.18. The Morgan fingerprint density at radius 2 is 1.61 bits per heavy atom. The van der Waals surface area contributed by atoms with Gasteiger partial charge in [-0.15, -0.1) is 0 Å². The van der Waals surface area contributed by atoms with Gasteiger partial charge < -0.3 is 29.7 Å². The second-order valence-electron chi connectivity index (χ2n) is 9.21. The molecule has 3 N–H and O–H groups in total. The van der Waals surface area contributed by atoms with Gasteiger partial charge >= 0.3 is 0 Å². The highest BCUT2D eigenvalue weighted by atomic mass is 16.5. The zero-order valence-electron chi connectivity index (χ0n) is 21.2. The molecular weight excluding hydrogens is 480 g/mol. The number of ether oxygens (including phenoxy) is 2. The number of H-pyrrole nitrogens is 2. The summed E-state index contributed by atoms with van der Waals surface area (Å²) in [5, 5.41) is 2.96. The van der Waals surface area contributed by atoms with Crippen molar-refractivity contribution in [2.45, 2.75) is 6.92 Å². The minimum absolute atomic E-state index is 0.281. The number of hydrogen-bond donors (Lipinski definition) is 3. The lowest BCUT2D eigenvalue weighted by Crippen LogP contribution is -2.36. The lowest BCUT2D eigenvalue weighted by Gasteiger charge is -2.28. The van der Waals surface area contributed by atoms with E-state index in [1.165, 1.54) is 5.69 Å². The maximum Gasteiger partial charge on any atom is 0.276 e. The number of benzene rings is 3. The third kappa shape index (κ3) is 4.71. The largest absolute Gasteiger partial charge is 0.497 e. The van der Waals surface area contributed by atoms with E-state index in [2.05, 4.69) is 49.4 Å². The average Bonchev–Trinajstić information content (AvgIpc) is 3.57. The normalized spacial score (nSPS) is 13.6. The Bertz CT molecular complexity index is 1580. The van der Waals surface area contributed by atoms with Gasteiger partial charge in [0, 0.05) is 41.3 Å². The first-order valence-corrected chi connectivity index (χ1v) is 12.5. The monoisotopic (exact) mass is 508 g/mol. The summed E-state index contributed by atoms with van der Waals surface area (Å²) in [4.78, 5) is 31.2. The van der Waals surface area contributed by atoms with Crippen LogP contribution in [0.15, 0.2) is 66.7 Å². The number of aromatic nitrogens is 4. The molecule has 0 spiro atoms. The first-order chi connectivity index (χ1) is 18.6. The van der Waals surface area contributed by atoms with Crippen LogP contribution in [0.25, 0.3) is 33.8 Å². The lowest BCUT2D eigenvalue weighted by atomic mass is 10.2. The summed E-state index contributed by atoms with van der Waals surface area (Å²) >= 11 is 0. The standard InChI is InChI=1S/C29H28N6O3/c1-18-26(34-27(30-18)20-5-10-23(37-2)11-6-20)29(36)31-21-7-12-24-25(17-21)33-28(32-24)19-3-8-22(9-4-19)35-13-15-38-16-14-35/h3-12,17H,13-16H2,1-2H3,(H,30,34)(H,31,36)(H,32,33). The number of carbonyl (C=O) groups is 1. The van der Waals surface area contributed by atoms with E-state index in [-0.39, 0.29) is 5.91 Å². The van der Waals surface area contributed by atoms with E-state index in [4.69, 9.17) is 14.5 Å². The molecule has 0 bridgehead atoms. The molecule has 3 heterocycles. The van der Waals surface area contributed by atoms with Crippen LogP contribution in [0.5, 0.6) is 5.75 Å². The van der Waals surface area contributed by atoms with E-state index >= 15 is 0 Å². The quantitative estimate of drug-likeness (QED) is 0.297. The highest BCUT2D eigenvalue weighted by Crippen LogP contribution is 2.26. The van der Waals surface area contributed by atoms with Gasteiger partial charge in [0.15, 0.2) is 0 Å². The first kappa shape index (κ1) is 23.7. The summed E-state index contributed by atoms with van der Waals surface area (Å²) in [6, 6.07) is 21.5. The minimum Gasteiger partial charge on any atom is -0.497 e. The molecule has 1 aliphatic rings. The molecule has 6 rings (SSSR count). The van der Waals surface area contributed by atoms with Crippen LogP contribution in [0.1, 0.15) is 16.2 Å². The summed E-state index contributed by atoms with van der Waals surface area (Å²) in [5.41, 5.74) is 6.43. The lowest BCUT2D eigenvalue weighted by molar-refractivity contribution is 0.102. The zero-order chi connectivity index (χ0) is 26.1. The molecule has 0 unspecified atom stereocenters. The van der Waals surface area contributed by atoms with E-state index in [1.807, 2.05) is 49.4 Å². The molecule has 9 nitrogen and oxygen atoms in total. The molecule has 38 heavy (non-hydrogen) atoms. The molecule has 192 valence electrons. The molecule has 0 radical (unpaired) electrons. The highest BCUT2D eigenvalue weighted by Gasteiger charge is 2.17. The smallest absolute Gasteiger partial charge is 0.276 e. The van der Waals surface area contributed by atoms with Crippen molar-refractivity contribution in [1.29, 1.82) is 0 Å². The van der Waals surface area contributed by atoms with Gasteiger partial charge in [-0.3, -0.25) is 4.79 Å². The van der Waals surface area contributed by atoms with Crippen molar-refractivity contribution < 1.29 is 14.3 Å². The number of carbonyl (C=O) groups excluding carboxylic acids is 1. The molecule has 1 fully saturated rings. The van der Waals surface area contributed by atoms with E-state index in [0.717, 1.165) is 60.0 Å². The Labute approximate surface area is 219 Å². The number of rotatable bonds is 6. The Morgan fingerprint density at radius 1 is 0.921 bits per heavy atom. The maximum absolute atomic E-state index is 13.1. The minimum atomic E-state index is -0.281. The number of nitrogens with zero attached hydrogens (tertiary/aromatic N) is 3. The SMILES string of the molecule is COc1ccc(-c2nc(C(=O)Nc3ccc4nc(-c5ccc(N6CCOCC6)cc5)[nH]c4c3)c(C)[nH]2)cc1. The zero-order valence-corrected chi connectivity index (χ0v) is 21.2. The third-order valence-corrected chi connectivity index (χ3v) is 6.72. The van der Waals surface area contributed by atoms with Crippen LogP contribution >= 0.6 is 0 Å². The molecule has 3 aromatic carbocycles. The number of morpholine rings is 1. The second kappa shape index (κ2) is 10.0. The number of imidazole rings is 2. The number of hydrogen-bond acceptors (Lipinski definition) is 6. The number of nitrogens with one attached hydrogen (secondary N) is 3. The summed E-state index contributed by atoms with van der Waals surface area (Å²) < 4.78 is 10.7. The first-order valence-electron chi connectivity index (χ1n) is 12.5. The van der Waals surface area contributed by atoms with Gasteiger partial charge in [0.25, 0.3) is 5.91 Å². The van der Waals surface area contributed by atoms with Crippen molar-refractivity contribution in [2.24, 2.45) is 0 Å². The molecule has 0 saturated carbocycles. The van der Waals surface area contributed by atoms with Crippen LogP contribution in [0.3, 0.4) is 0 Å². The molecule has 1 amide bonds. The predicted octanol–water partition coefficient (Wildman–Crippen LogP) is 5.03. The topological polar surface area (TPSA) is 108 Å². The molecule has 1 aliphatic heterocycles.